The normalized spacial score (nSPS) is 26.6. The highest BCUT2D eigenvalue weighted by molar-refractivity contribution is 7.91. The second-order valence-corrected chi connectivity index (χ2v) is 21.2. The van der Waals surface area contributed by atoms with Crippen molar-refractivity contribution in [3.63, 3.8) is 0 Å². The number of anilines is 1. The first-order chi connectivity index (χ1) is 28.9. The highest BCUT2D eigenvalue weighted by Gasteiger charge is 2.62. The van der Waals surface area contributed by atoms with Gasteiger partial charge in [-0.1, -0.05) is 50.0 Å². The minimum atomic E-state index is -3.93. The number of allylic oxidation sites excluding steroid dienone is 1. The molecule has 16 nitrogen and oxygen atoms in total. The smallest absolute Gasteiger partial charge is 0.410 e. The SMILES string of the molecule is CC(C)Nc1nc(-c2ccc3c(c2)CN(C(=O)O[C@@H]2C[C@H]4C(=O)N[C@]5(C(=O)NS(=O)(=O)C6CC6)C[C@H]5/C=C\CCCCCCC[C@H](NC(=O)OC(C)(C)C)C(=O)N4C2)C3)cs1. The molecule has 332 valence electrons. The third kappa shape index (κ3) is 10.9. The maximum Gasteiger partial charge on any atom is 0.410 e. The average Bonchev–Trinajstić information content (AvgIpc) is 3.99. The molecule has 61 heavy (non-hydrogen) atoms. The first kappa shape index (κ1) is 44.3. The molecule has 5 aliphatic rings. The van der Waals surface area contributed by atoms with Crippen molar-refractivity contribution in [1.29, 1.82) is 0 Å². The lowest BCUT2D eigenvalue weighted by atomic mass is 10.0. The van der Waals surface area contributed by atoms with Crippen molar-refractivity contribution in [2.45, 2.75) is 159 Å². The lowest BCUT2D eigenvalue weighted by Crippen LogP contribution is -2.58. The number of carbonyl (C=O) groups is 5. The van der Waals surface area contributed by atoms with Gasteiger partial charge in [-0.15, -0.1) is 11.3 Å². The number of hydrogen-bond acceptors (Lipinski definition) is 12. The van der Waals surface area contributed by atoms with Crippen LogP contribution in [0, 0.1) is 5.92 Å². The van der Waals surface area contributed by atoms with Crippen molar-refractivity contribution < 1.29 is 41.9 Å². The molecule has 4 heterocycles. The molecule has 0 unspecified atom stereocenters. The number of carbonyl (C=O) groups excluding carboxylic acids is 5. The zero-order chi connectivity index (χ0) is 43.7. The van der Waals surface area contributed by atoms with Gasteiger partial charge in [0.25, 0.3) is 5.91 Å². The number of nitrogens with zero attached hydrogens (tertiary/aromatic N) is 3. The van der Waals surface area contributed by atoms with E-state index in [4.69, 9.17) is 14.5 Å². The molecule has 0 spiro atoms. The number of aromatic nitrogens is 1. The summed E-state index contributed by atoms with van der Waals surface area (Å²) in [5, 5.41) is 11.1. The highest BCUT2D eigenvalue weighted by atomic mass is 32.2. The maximum atomic E-state index is 14.6. The molecule has 2 aromatic rings. The van der Waals surface area contributed by atoms with Gasteiger partial charge < -0.3 is 30.3 Å². The number of hydrogen-bond donors (Lipinski definition) is 4. The van der Waals surface area contributed by atoms with Crippen LogP contribution in [0.4, 0.5) is 14.7 Å². The van der Waals surface area contributed by atoms with Crippen molar-refractivity contribution in [2.75, 3.05) is 11.9 Å². The largest absolute Gasteiger partial charge is 0.444 e. The first-order valence-corrected chi connectivity index (χ1v) is 24.0. The number of sulfonamides is 1. The molecular formula is C43H59N7O9S2. The van der Waals surface area contributed by atoms with Crippen molar-refractivity contribution >= 4 is 56.4 Å². The maximum absolute atomic E-state index is 14.6. The third-order valence-electron chi connectivity index (χ3n) is 11.7. The van der Waals surface area contributed by atoms with Gasteiger partial charge in [0.2, 0.25) is 21.8 Å². The molecule has 3 aliphatic heterocycles. The van der Waals surface area contributed by atoms with Gasteiger partial charge in [0.05, 0.1) is 17.5 Å². The van der Waals surface area contributed by atoms with Crippen LogP contribution in [0.5, 0.6) is 0 Å². The third-order valence-corrected chi connectivity index (χ3v) is 14.3. The number of ether oxygens (including phenoxy) is 2. The number of fused-ring (bicyclic) bond motifs is 3. The van der Waals surface area contributed by atoms with Crippen LogP contribution >= 0.6 is 11.3 Å². The summed E-state index contributed by atoms with van der Waals surface area (Å²) in [6.45, 7) is 9.72. The van der Waals surface area contributed by atoms with E-state index in [0.29, 0.717) is 32.4 Å². The molecule has 5 atom stereocenters. The van der Waals surface area contributed by atoms with Gasteiger partial charge >= 0.3 is 12.2 Å². The predicted octanol–water partition coefficient (Wildman–Crippen LogP) is 5.73. The van der Waals surface area contributed by atoms with E-state index >= 15 is 0 Å². The van der Waals surface area contributed by atoms with E-state index in [1.807, 2.05) is 35.7 Å². The molecule has 7 rings (SSSR count). The Bertz CT molecular complexity index is 2150. The lowest BCUT2D eigenvalue weighted by Gasteiger charge is -2.30. The Morgan fingerprint density at radius 1 is 1.02 bits per heavy atom. The molecule has 1 aromatic carbocycles. The second-order valence-electron chi connectivity index (χ2n) is 18.3. The van der Waals surface area contributed by atoms with E-state index in [-0.39, 0.29) is 31.8 Å². The van der Waals surface area contributed by atoms with E-state index in [1.54, 1.807) is 25.7 Å². The Labute approximate surface area is 362 Å². The molecule has 2 aliphatic carbocycles. The molecule has 2 saturated carbocycles. The summed E-state index contributed by atoms with van der Waals surface area (Å²) in [5.41, 5.74) is 1.30. The minimum absolute atomic E-state index is 0.0808. The van der Waals surface area contributed by atoms with Gasteiger partial charge in [0.15, 0.2) is 5.13 Å². The summed E-state index contributed by atoms with van der Waals surface area (Å²) < 4.78 is 39.6. The van der Waals surface area contributed by atoms with E-state index in [2.05, 4.69) is 34.5 Å². The van der Waals surface area contributed by atoms with Crippen molar-refractivity contribution in [3.8, 4) is 11.3 Å². The molecule has 3 fully saturated rings. The Hall–Kier alpha value is -4.71. The van der Waals surface area contributed by atoms with Crippen LogP contribution in [0.2, 0.25) is 0 Å². The summed E-state index contributed by atoms with van der Waals surface area (Å²) in [4.78, 5) is 77.4. The van der Waals surface area contributed by atoms with Crippen molar-refractivity contribution in [1.82, 2.24) is 30.1 Å². The number of rotatable bonds is 8. The second kappa shape index (κ2) is 17.9. The quantitative estimate of drug-likeness (QED) is 0.236. The van der Waals surface area contributed by atoms with Gasteiger partial charge in [0, 0.05) is 42.4 Å². The van der Waals surface area contributed by atoms with Crippen LogP contribution in [0.1, 0.15) is 116 Å². The molecule has 4 N–H and O–H groups in total. The van der Waals surface area contributed by atoms with Crippen LogP contribution in [-0.2, 0) is 47.0 Å². The van der Waals surface area contributed by atoms with Crippen LogP contribution in [0.3, 0.4) is 0 Å². The summed E-state index contributed by atoms with van der Waals surface area (Å²) in [7, 11) is -3.93. The fourth-order valence-electron chi connectivity index (χ4n) is 8.27. The lowest BCUT2D eigenvalue weighted by molar-refractivity contribution is -0.141. The van der Waals surface area contributed by atoms with Gasteiger partial charge in [0.1, 0.15) is 29.3 Å². The van der Waals surface area contributed by atoms with E-state index in [9.17, 15) is 32.4 Å². The Kier molecular flexibility index (Phi) is 13.0. The molecule has 1 aromatic heterocycles. The molecule has 18 heteroatoms. The molecular weight excluding hydrogens is 823 g/mol. The predicted molar refractivity (Wildman–Crippen MR) is 230 cm³/mol. The average molecular weight is 882 g/mol. The van der Waals surface area contributed by atoms with Gasteiger partial charge in [-0.25, -0.2) is 23.0 Å². The molecule has 0 radical (unpaired) electrons. The van der Waals surface area contributed by atoms with E-state index in [1.165, 1.54) is 16.2 Å². The summed E-state index contributed by atoms with van der Waals surface area (Å²) in [5.74, 6) is -2.51. The summed E-state index contributed by atoms with van der Waals surface area (Å²) in [6.07, 6.45) is 7.75. The Morgan fingerprint density at radius 2 is 1.75 bits per heavy atom. The number of alkyl carbamates (subject to hydrolysis) is 1. The van der Waals surface area contributed by atoms with Crippen molar-refractivity contribution in [2.24, 2.45) is 5.92 Å². The van der Waals surface area contributed by atoms with E-state index < -0.39 is 80.4 Å². The first-order valence-electron chi connectivity index (χ1n) is 21.6. The topological polar surface area (TPSA) is 205 Å². The van der Waals surface area contributed by atoms with Gasteiger partial charge in [-0.05, 0) is 90.3 Å². The van der Waals surface area contributed by atoms with Crippen LogP contribution in [0.25, 0.3) is 11.3 Å². The van der Waals surface area contributed by atoms with Crippen LogP contribution in [-0.4, -0.2) is 100 Å². The molecule has 5 amide bonds. The Balaban J connectivity index is 1.11. The number of amides is 5. The standard InChI is InChI=1S/C43H59N7O9S2/c1-26(2)44-39-45-34(25-60-39)27-15-16-28-22-49(23-29(28)19-27)41(55)58-31-20-35-36(51)47-43(38(53)48-61(56,57)32-17-18-32)21-30(43)13-11-9-7-6-8-10-12-14-33(37(52)50(35)24-31)46-40(54)59-42(3,4)5/h11,13,15-16,19,25-26,30-33,35H,6-10,12,14,17-18,20-24H2,1-5H3,(H,44,45)(H,46,54)(H,47,51)(H,48,53)/b13-11-/t30-,31-,33+,35+,43-/m1/s1. The van der Waals surface area contributed by atoms with Crippen molar-refractivity contribution in [3.05, 3.63) is 46.9 Å². The zero-order valence-electron chi connectivity index (χ0n) is 35.7. The summed E-state index contributed by atoms with van der Waals surface area (Å²) >= 11 is 1.53. The molecule has 0 bridgehead atoms. The van der Waals surface area contributed by atoms with Gasteiger partial charge in [-0.3, -0.25) is 24.0 Å². The summed E-state index contributed by atoms with van der Waals surface area (Å²) in [6, 6.07) is 3.97. The fraction of sp³-hybridized carbons (Fsp3) is 0.628. The zero-order valence-corrected chi connectivity index (χ0v) is 37.3. The van der Waals surface area contributed by atoms with Gasteiger partial charge in [-0.2, -0.15) is 0 Å². The number of thiazole rings is 1. The molecule has 1 saturated heterocycles. The fourth-order valence-corrected chi connectivity index (χ4v) is 10.5. The number of nitrogens with one attached hydrogen (secondary N) is 4. The Morgan fingerprint density at radius 3 is 2.49 bits per heavy atom. The highest BCUT2D eigenvalue weighted by Crippen LogP contribution is 2.46. The van der Waals surface area contributed by atoms with E-state index in [0.717, 1.165) is 59.6 Å². The van der Waals surface area contributed by atoms with Crippen LogP contribution < -0.4 is 20.7 Å². The monoisotopic (exact) mass is 881 g/mol. The van der Waals surface area contributed by atoms with Crippen LogP contribution in [0.15, 0.2) is 35.7 Å². The number of benzene rings is 1. The minimum Gasteiger partial charge on any atom is -0.444 e.